The third kappa shape index (κ3) is 5.79. The van der Waals surface area contributed by atoms with Crippen molar-refractivity contribution in [2.24, 2.45) is 5.10 Å². The zero-order valence-electron chi connectivity index (χ0n) is 17.7. The number of aromatic hydroxyl groups is 2. The first kappa shape index (κ1) is 22.6. The van der Waals surface area contributed by atoms with Crippen molar-refractivity contribution in [2.75, 3.05) is 49.1 Å². The number of nitrogens with zero attached hydrogens (tertiary/aromatic N) is 5. The maximum atomic E-state index is 9.99. The fourth-order valence-electron chi connectivity index (χ4n) is 3.01. The number of nitrogens with one attached hydrogen (secondary N) is 2. The number of morpholine rings is 1. The molecule has 12 heteroatoms. The second-order valence-electron chi connectivity index (χ2n) is 6.97. The van der Waals surface area contributed by atoms with E-state index in [1.54, 1.807) is 13.2 Å². The number of phenolic OH excluding ortho intramolecular Hbond substituents is 2. The van der Waals surface area contributed by atoms with E-state index < -0.39 is 0 Å². The smallest absolute Gasteiger partial charge is 0.250 e. The second-order valence-corrected chi connectivity index (χ2v) is 7.82. The first-order chi connectivity index (χ1) is 16.0. The van der Waals surface area contributed by atoms with E-state index in [4.69, 9.17) is 9.47 Å². The minimum Gasteiger partial charge on any atom is -0.507 e. The molecule has 33 heavy (non-hydrogen) atoms. The van der Waals surface area contributed by atoms with Gasteiger partial charge in [0.05, 0.1) is 31.0 Å². The molecule has 0 amide bonds. The lowest BCUT2D eigenvalue weighted by Crippen LogP contribution is -2.37. The van der Waals surface area contributed by atoms with Crippen LogP contribution in [0.5, 0.6) is 17.2 Å². The molecule has 172 valence electrons. The van der Waals surface area contributed by atoms with E-state index in [0.717, 1.165) is 11.4 Å². The molecule has 4 N–H and O–H groups in total. The van der Waals surface area contributed by atoms with Crippen molar-refractivity contribution in [3.63, 3.8) is 0 Å². The number of methoxy groups -OCH3 is 1. The van der Waals surface area contributed by atoms with Gasteiger partial charge in [0.2, 0.25) is 17.8 Å². The van der Waals surface area contributed by atoms with Crippen LogP contribution in [0.25, 0.3) is 0 Å². The molecule has 1 aliphatic heterocycles. The highest BCUT2D eigenvalue weighted by molar-refractivity contribution is 9.10. The fraction of sp³-hybridized carbons (Fsp3) is 0.238. The Morgan fingerprint density at radius 2 is 1.79 bits per heavy atom. The standard InChI is InChI=1S/C21H22BrN7O4/c1-32-15-4-2-14(3-5-15)24-19-25-20(27-21(26-19)29-6-8-33-9-7-29)28-23-12-13-10-16(22)18(31)11-17(13)30/h2-5,10-12,30-31H,6-9H2,1H3,(H2,24,25,26,27,28)/b23-12+. The van der Waals surface area contributed by atoms with E-state index in [1.165, 1.54) is 12.3 Å². The van der Waals surface area contributed by atoms with E-state index in [0.29, 0.717) is 48.2 Å². The maximum Gasteiger partial charge on any atom is 0.250 e. The summed E-state index contributed by atoms with van der Waals surface area (Å²) >= 11 is 3.21. The third-order valence-corrected chi connectivity index (χ3v) is 5.36. The largest absolute Gasteiger partial charge is 0.507 e. The van der Waals surface area contributed by atoms with Gasteiger partial charge in [0.15, 0.2) is 0 Å². The lowest BCUT2D eigenvalue weighted by atomic mass is 10.2. The van der Waals surface area contributed by atoms with Crippen LogP contribution in [-0.2, 0) is 4.74 Å². The number of benzene rings is 2. The minimum atomic E-state index is -0.118. The van der Waals surface area contributed by atoms with Crippen LogP contribution < -0.4 is 20.4 Å². The van der Waals surface area contributed by atoms with Crippen LogP contribution >= 0.6 is 15.9 Å². The van der Waals surface area contributed by atoms with Crippen LogP contribution in [0.2, 0.25) is 0 Å². The normalized spacial score (nSPS) is 13.8. The molecule has 0 unspecified atom stereocenters. The van der Waals surface area contributed by atoms with Gasteiger partial charge in [0, 0.05) is 30.4 Å². The topological polar surface area (TPSA) is 137 Å². The molecule has 3 aromatic rings. The average molecular weight is 516 g/mol. The van der Waals surface area contributed by atoms with Crippen molar-refractivity contribution in [1.29, 1.82) is 0 Å². The predicted molar refractivity (Wildman–Crippen MR) is 128 cm³/mol. The highest BCUT2D eigenvalue weighted by Gasteiger charge is 2.17. The molecule has 0 radical (unpaired) electrons. The Balaban J connectivity index is 1.57. The first-order valence-electron chi connectivity index (χ1n) is 10.0. The van der Waals surface area contributed by atoms with E-state index in [9.17, 15) is 10.2 Å². The van der Waals surface area contributed by atoms with Gasteiger partial charge in [-0.05, 0) is 46.3 Å². The Morgan fingerprint density at radius 1 is 1.06 bits per heavy atom. The molecule has 0 aliphatic carbocycles. The summed E-state index contributed by atoms with van der Waals surface area (Å²) in [5.41, 5.74) is 3.95. The number of ether oxygens (including phenoxy) is 2. The monoisotopic (exact) mass is 515 g/mol. The molecular formula is C21H22BrN7O4. The summed E-state index contributed by atoms with van der Waals surface area (Å²) in [6, 6.07) is 10.1. The lowest BCUT2D eigenvalue weighted by Gasteiger charge is -2.27. The molecule has 2 aromatic carbocycles. The van der Waals surface area contributed by atoms with Crippen molar-refractivity contribution in [3.8, 4) is 17.2 Å². The van der Waals surface area contributed by atoms with Crippen molar-refractivity contribution in [1.82, 2.24) is 15.0 Å². The molecule has 11 nitrogen and oxygen atoms in total. The molecular weight excluding hydrogens is 494 g/mol. The summed E-state index contributed by atoms with van der Waals surface area (Å²) in [5.74, 6) is 1.59. The van der Waals surface area contributed by atoms with Crippen LogP contribution in [-0.4, -0.2) is 64.8 Å². The molecule has 4 rings (SSSR count). The number of aromatic nitrogens is 3. The van der Waals surface area contributed by atoms with Gasteiger partial charge in [-0.1, -0.05) is 0 Å². The van der Waals surface area contributed by atoms with Gasteiger partial charge in [0.1, 0.15) is 17.2 Å². The van der Waals surface area contributed by atoms with E-state index in [1.807, 2.05) is 29.2 Å². The zero-order valence-corrected chi connectivity index (χ0v) is 19.3. The Hall–Kier alpha value is -3.64. The molecule has 0 bridgehead atoms. The molecule has 1 aliphatic rings. The summed E-state index contributed by atoms with van der Waals surface area (Å²) < 4.78 is 11.0. The van der Waals surface area contributed by atoms with Crippen LogP contribution in [0, 0.1) is 0 Å². The SMILES string of the molecule is COc1ccc(Nc2nc(N/N=C/c3cc(Br)c(O)cc3O)nc(N3CCOCC3)n2)cc1. The average Bonchev–Trinajstić information content (AvgIpc) is 2.83. The summed E-state index contributed by atoms with van der Waals surface area (Å²) in [6.45, 7) is 2.49. The summed E-state index contributed by atoms with van der Waals surface area (Å²) in [5, 5.41) is 26.9. The van der Waals surface area contributed by atoms with Crippen molar-refractivity contribution < 1.29 is 19.7 Å². The van der Waals surface area contributed by atoms with Crippen molar-refractivity contribution >= 4 is 45.7 Å². The van der Waals surface area contributed by atoms with Gasteiger partial charge >= 0.3 is 0 Å². The predicted octanol–water partition coefficient (Wildman–Crippen LogP) is 3.08. The minimum absolute atomic E-state index is 0.0699. The second kappa shape index (κ2) is 10.3. The molecule has 1 fully saturated rings. The summed E-state index contributed by atoms with van der Waals surface area (Å²) in [6.07, 6.45) is 1.40. The van der Waals surface area contributed by atoms with Gasteiger partial charge in [0.25, 0.3) is 0 Å². The number of phenols is 2. The van der Waals surface area contributed by atoms with Gasteiger partial charge in [-0.15, -0.1) is 0 Å². The maximum absolute atomic E-state index is 9.99. The van der Waals surface area contributed by atoms with E-state index >= 15 is 0 Å². The van der Waals surface area contributed by atoms with Crippen LogP contribution in [0.3, 0.4) is 0 Å². The van der Waals surface area contributed by atoms with Gasteiger partial charge in [-0.3, -0.25) is 0 Å². The number of anilines is 4. The lowest BCUT2D eigenvalue weighted by molar-refractivity contribution is 0.122. The molecule has 0 saturated carbocycles. The van der Waals surface area contributed by atoms with Crippen LogP contribution in [0.15, 0.2) is 46.0 Å². The highest BCUT2D eigenvalue weighted by Crippen LogP contribution is 2.30. The van der Waals surface area contributed by atoms with E-state index in [2.05, 4.69) is 46.7 Å². The number of rotatable bonds is 7. The number of hydrogen-bond acceptors (Lipinski definition) is 11. The molecule has 1 saturated heterocycles. The number of halogens is 1. The Bertz CT molecular complexity index is 1140. The van der Waals surface area contributed by atoms with Crippen LogP contribution in [0.1, 0.15) is 5.56 Å². The highest BCUT2D eigenvalue weighted by atomic mass is 79.9. The number of hydrazone groups is 1. The Morgan fingerprint density at radius 3 is 2.52 bits per heavy atom. The van der Waals surface area contributed by atoms with Gasteiger partial charge < -0.3 is 29.9 Å². The first-order valence-corrected chi connectivity index (χ1v) is 10.8. The van der Waals surface area contributed by atoms with Gasteiger partial charge in [-0.2, -0.15) is 20.1 Å². The van der Waals surface area contributed by atoms with Crippen molar-refractivity contribution in [2.45, 2.75) is 0 Å². The Kier molecular flexibility index (Phi) is 7.05. The zero-order chi connectivity index (χ0) is 23.2. The summed E-state index contributed by atoms with van der Waals surface area (Å²) in [7, 11) is 1.61. The quantitative estimate of drug-likeness (QED) is 0.274. The van der Waals surface area contributed by atoms with Crippen molar-refractivity contribution in [3.05, 3.63) is 46.4 Å². The molecule has 2 heterocycles. The number of hydrogen-bond donors (Lipinski definition) is 4. The van der Waals surface area contributed by atoms with Crippen LogP contribution in [0.4, 0.5) is 23.5 Å². The van der Waals surface area contributed by atoms with Gasteiger partial charge in [-0.25, -0.2) is 5.43 Å². The summed E-state index contributed by atoms with van der Waals surface area (Å²) in [4.78, 5) is 15.4. The fourth-order valence-corrected chi connectivity index (χ4v) is 3.37. The molecule has 0 atom stereocenters. The Labute approximate surface area is 198 Å². The third-order valence-electron chi connectivity index (χ3n) is 4.73. The van der Waals surface area contributed by atoms with E-state index in [-0.39, 0.29) is 17.4 Å². The molecule has 1 aromatic heterocycles. The molecule has 0 spiro atoms.